The summed E-state index contributed by atoms with van der Waals surface area (Å²) in [5.41, 5.74) is 1.10. The van der Waals surface area contributed by atoms with Crippen molar-refractivity contribution < 1.29 is 9.53 Å². The highest BCUT2D eigenvalue weighted by Gasteiger charge is 2.30. The summed E-state index contributed by atoms with van der Waals surface area (Å²) in [5.74, 6) is 1.75. The van der Waals surface area contributed by atoms with Gasteiger partial charge < -0.3 is 19.9 Å². The molecule has 0 saturated carbocycles. The van der Waals surface area contributed by atoms with E-state index in [0.29, 0.717) is 26.2 Å². The van der Waals surface area contributed by atoms with Gasteiger partial charge >= 0.3 is 0 Å². The molecule has 1 atom stereocenters. The molecular weight excluding hydrogens is 370 g/mol. The molecule has 0 spiro atoms. The first-order valence-corrected chi connectivity index (χ1v) is 10.1. The molecule has 0 aromatic carbocycles. The number of hydrogen-bond donors (Lipinski definition) is 1. The number of ether oxygens (including phenoxy) is 1. The van der Waals surface area contributed by atoms with Gasteiger partial charge in [0.25, 0.3) is 5.91 Å². The molecule has 9 heteroatoms. The predicted octanol–water partition coefficient (Wildman–Crippen LogP) is 0.666. The Hall–Kier alpha value is -2.94. The van der Waals surface area contributed by atoms with E-state index >= 15 is 0 Å². The van der Waals surface area contributed by atoms with Crippen molar-refractivity contribution in [2.24, 2.45) is 4.99 Å². The fraction of sp³-hybridized carbons (Fsp3) is 0.500. The maximum Gasteiger partial charge on any atom is 0.251 e. The van der Waals surface area contributed by atoms with Crippen LogP contribution in [0.5, 0.6) is 0 Å². The van der Waals surface area contributed by atoms with Crippen molar-refractivity contribution in [2.75, 3.05) is 39.8 Å². The van der Waals surface area contributed by atoms with Crippen LogP contribution < -0.4 is 5.32 Å². The Morgan fingerprint density at radius 2 is 2.10 bits per heavy atom. The lowest BCUT2D eigenvalue weighted by atomic mass is 10.2. The molecule has 2 aliphatic heterocycles. The predicted molar refractivity (Wildman–Crippen MR) is 109 cm³/mol. The SMILES string of the molecule is CN=C(NCc1ccnc(-n2cccn2)c1)N1CCN(C(=O)C2CCCO2)CC1. The van der Waals surface area contributed by atoms with Crippen molar-refractivity contribution in [3.8, 4) is 5.82 Å². The van der Waals surface area contributed by atoms with Gasteiger partial charge in [-0.25, -0.2) is 9.67 Å². The van der Waals surface area contributed by atoms with E-state index in [0.717, 1.165) is 43.3 Å². The van der Waals surface area contributed by atoms with E-state index in [2.05, 4.69) is 25.3 Å². The second-order valence-electron chi connectivity index (χ2n) is 7.19. The molecule has 2 aromatic rings. The molecule has 2 fully saturated rings. The maximum atomic E-state index is 12.5. The average molecular weight is 397 g/mol. The minimum atomic E-state index is -0.241. The van der Waals surface area contributed by atoms with Gasteiger partial charge in [-0.3, -0.25) is 9.79 Å². The quantitative estimate of drug-likeness (QED) is 0.603. The molecule has 154 valence electrons. The topological polar surface area (TPSA) is 87.9 Å². The lowest BCUT2D eigenvalue weighted by Gasteiger charge is -2.37. The van der Waals surface area contributed by atoms with Gasteiger partial charge in [0.15, 0.2) is 11.8 Å². The van der Waals surface area contributed by atoms with E-state index in [9.17, 15) is 4.79 Å². The minimum Gasteiger partial charge on any atom is -0.368 e. The average Bonchev–Trinajstić information content (AvgIpc) is 3.49. The fourth-order valence-corrected chi connectivity index (χ4v) is 3.73. The molecule has 2 aromatic heterocycles. The summed E-state index contributed by atoms with van der Waals surface area (Å²) in [7, 11) is 1.79. The van der Waals surface area contributed by atoms with Crippen molar-refractivity contribution in [3.05, 3.63) is 42.4 Å². The highest BCUT2D eigenvalue weighted by Crippen LogP contribution is 2.16. The third kappa shape index (κ3) is 4.56. The van der Waals surface area contributed by atoms with E-state index in [-0.39, 0.29) is 12.0 Å². The monoisotopic (exact) mass is 397 g/mol. The summed E-state index contributed by atoms with van der Waals surface area (Å²) < 4.78 is 7.27. The number of nitrogens with zero attached hydrogens (tertiary/aromatic N) is 6. The van der Waals surface area contributed by atoms with Crippen molar-refractivity contribution in [3.63, 3.8) is 0 Å². The summed E-state index contributed by atoms with van der Waals surface area (Å²) in [6.07, 6.45) is 6.97. The Morgan fingerprint density at radius 1 is 1.28 bits per heavy atom. The number of piperazine rings is 1. The number of guanidine groups is 1. The highest BCUT2D eigenvalue weighted by atomic mass is 16.5. The highest BCUT2D eigenvalue weighted by molar-refractivity contribution is 5.82. The first-order chi connectivity index (χ1) is 14.2. The summed E-state index contributed by atoms with van der Waals surface area (Å²) in [6.45, 7) is 4.23. The summed E-state index contributed by atoms with van der Waals surface area (Å²) in [5, 5.41) is 7.64. The largest absolute Gasteiger partial charge is 0.368 e. The molecule has 1 amide bonds. The number of rotatable bonds is 4. The molecule has 1 unspecified atom stereocenters. The van der Waals surface area contributed by atoms with E-state index in [1.165, 1.54) is 0 Å². The smallest absolute Gasteiger partial charge is 0.251 e. The minimum absolute atomic E-state index is 0.132. The van der Waals surface area contributed by atoms with Crippen LogP contribution in [0.15, 0.2) is 41.8 Å². The number of hydrogen-bond acceptors (Lipinski definition) is 5. The van der Waals surface area contributed by atoms with Gasteiger partial charge in [-0.05, 0) is 36.6 Å². The first kappa shape index (κ1) is 19.4. The number of aliphatic imine (C=N–C) groups is 1. The van der Waals surface area contributed by atoms with Crippen LogP contribution >= 0.6 is 0 Å². The summed E-state index contributed by atoms with van der Waals surface area (Å²) >= 11 is 0. The van der Waals surface area contributed by atoms with Crippen molar-refractivity contribution >= 4 is 11.9 Å². The van der Waals surface area contributed by atoms with E-state index in [1.54, 1.807) is 24.1 Å². The van der Waals surface area contributed by atoms with Crippen LogP contribution in [-0.2, 0) is 16.1 Å². The fourth-order valence-electron chi connectivity index (χ4n) is 3.73. The molecule has 0 radical (unpaired) electrons. The number of carbonyl (C=O) groups excluding carboxylic acids is 1. The molecule has 4 rings (SSSR count). The van der Waals surface area contributed by atoms with Crippen molar-refractivity contribution in [2.45, 2.75) is 25.5 Å². The molecule has 0 bridgehead atoms. The molecule has 29 heavy (non-hydrogen) atoms. The van der Waals surface area contributed by atoms with Crippen LogP contribution in [0, 0.1) is 0 Å². The first-order valence-electron chi connectivity index (χ1n) is 10.1. The zero-order valence-corrected chi connectivity index (χ0v) is 16.7. The Balaban J connectivity index is 1.30. The molecule has 2 aliphatic rings. The second kappa shape index (κ2) is 9.04. The van der Waals surface area contributed by atoms with Crippen LogP contribution in [0.4, 0.5) is 0 Å². The van der Waals surface area contributed by atoms with Gasteiger partial charge in [0, 0.05) is 65.0 Å². The Labute approximate surface area is 170 Å². The Bertz CT molecular complexity index is 838. The number of carbonyl (C=O) groups is 1. The molecule has 1 N–H and O–H groups in total. The van der Waals surface area contributed by atoms with Gasteiger partial charge in [0.05, 0.1) is 0 Å². The number of amides is 1. The van der Waals surface area contributed by atoms with Gasteiger partial charge in [0.1, 0.15) is 6.10 Å². The van der Waals surface area contributed by atoms with Crippen LogP contribution in [0.2, 0.25) is 0 Å². The number of nitrogens with one attached hydrogen (secondary N) is 1. The van der Waals surface area contributed by atoms with Crippen LogP contribution in [0.1, 0.15) is 18.4 Å². The van der Waals surface area contributed by atoms with Gasteiger partial charge in [0.2, 0.25) is 0 Å². The number of aromatic nitrogens is 3. The van der Waals surface area contributed by atoms with Crippen molar-refractivity contribution in [1.82, 2.24) is 29.9 Å². The van der Waals surface area contributed by atoms with Crippen molar-refractivity contribution in [1.29, 1.82) is 0 Å². The standard InChI is InChI=1S/C20H27N7O2/c1-21-20(23-15-16-5-7-22-18(14-16)27-8-3-6-24-27)26-11-9-25(10-12-26)19(28)17-4-2-13-29-17/h3,5-8,14,17H,2,4,9-13,15H2,1H3,(H,21,23). The van der Waals surface area contributed by atoms with Crippen LogP contribution in [-0.4, -0.2) is 82.4 Å². The second-order valence-corrected chi connectivity index (χ2v) is 7.19. The molecule has 4 heterocycles. The Kier molecular flexibility index (Phi) is 6.04. The zero-order chi connectivity index (χ0) is 20.1. The molecule has 9 nitrogen and oxygen atoms in total. The third-order valence-corrected chi connectivity index (χ3v) is 5.31. The van der Waals surface area contributed by atoms with E-state index in [1.807, 2.05) is 29.3 Å². The lowest BCUT2D eigenvalue weighted by Crippen LogP contribution is -2.55. The van der Waals surface area contributed by atoms with Gasteiger partial charge in [-0.1, -0.05) is 0 Å². The maximum absolute atomic E-state index is 12.5. The van der Waals surface area contributed by atoms with E-state index < -0.39 is 0 Å². The molecular formula is C20H27N7O2. The van der Waals surface area contributed by atoms with Gasteiger partial charge in [-0.2, -0.15) is 5.10 Å². The van der Waals surface area contributed by atoms with Crippen LogP contribution in [0.3, 0.4) is 0 Å². The molecule has 2 saturated heterocycles. The Morgan fingerprint density at radius 3 is 2.79 bits per heavy atom. The normalized spacial score (nSPS) is 20.2. The summed E-state index contributed by atoms with van der Waals surface area (Å²) in [6, 6.07) is 5.86. The van der Waals surface area contributed by atoms with E-state index in [4.69, 9.17) is 4.74 Å². The summed E-state index contributed by atoms with van der Waals surface area (Å²) in [4.78, 5) is 25.4. The number of pyridine rings is 1. The van der Waals surface area contributed by atoms with Crippen LogP contribution in [0.25, 0.3) is 5.82 Å². The van der Waals surface area contributed by atoms with Gasteiger partial charge in [-0.15, -0.1) is 0 Å². The third-order valence-electron chi connectivity index (χ3n) is 5.31. The molecule has 0 aliphatic carbocycles. The zero-order valence-electron chi connectivity index (χ0n) is 16.7. The lowest BCUT2D eigenvalue weighted by molar-refractivity contribution is -0.142.